The van der Waals surface area contributed by atoms with Crippen LogP contribution in [0.5, 0.6) is 11.5 Å². The van der Waals surface area contributed by atoms with Crippen LogP contribution in [0.3, 0.4) is 0 Å². The Kier molecular flexibility index (Phi) is 6.29. The van der Waals surface area contributed by atoms with E-state index in [-0.39, 0.29) is 12.6 Å². The van der Waals surface area contributed by atoms with E-state index in [1.54, 1.807) is 13.0 Å². The standard InChI is InChI=1S/C21H22N2O5/c1-14-18(20(24)27-12-11-26-2)19(23-21(25)22-14)15-7-6-10-17(13-15)28-16-8-4-3-5-9-16/h3-10,13,19H,11-12H2,1-2H3,(H2,22,23,25)/t19-/m0/s1. The highest BCUT2D eigenvalue weighted by Gasteiger charge is 2.32. The molecular weight excluding hydrogens is 360 g/mol. The van der Waals surface area contributed by atoms with Crippen molar-refractivity contribution in [1.82, 2.24) is 10.6 Å². The first kappa shape index (κ1) is 19.4. The van der Waals surface area contributed by atoms with Gasteiger partial charge in [0.1, 0.15) is 18.1 Å². The summed E-state index contributed by atoms with van der Waals surface area (Å²) in [5.41, 5.74) is 1.50. The molecule has 7 nitrogen and oxygen atoms in total. The zero-order valence-corrected chi connectivity index (χ0v) is 15.7. The van der Waals surface area contributed by atoms with Gasteiger partial charge in [-0.3, -0.25) is 0 Å². The molecule has 146 valence electrons. The molecule has 0 aromatic heterocycles. The van der Waals surface area contributed by atoms with Crippen LogP contribution in [0.2, 0.25) is 0 Å². The lowest BCUT2D eigenvalue weighted by Crippen LogP contribution is -2.45. The Bertz CT molecular complexity index is 879. The zero-order valence-electron chi connectivity index (χ0n) is 15.7. The van der Waals surface area contributed by atoms with Gasteiger partial charge >= 0.3 is 12.0 Å². The zero-order chi connectivity index (χ0) is 19.9. The van der Waals surface area contributed by atoms with Gasteiger partial charge in [0.05, 0.1) is 18.2 Å². The molecule has 1 atom stereocenters. The van der Waals surface area contributed by atoms with Gasteiger partial charge in [0, 0.05) is 12.8 Å². The lowest BCUT2D eigenvalue weighted by Gasteiger charge is -2.28. The van der Waals surface area contributed by atoms with E-state index in [1.165, 1.54) is 7.11 Å². The summed E-state index contributed by atoms with van der Waals surface area (Å²) in [6.07, 6.45) is 0. The number of carbonyl (C=O) groups excluding carboxylic acids is 2. The maximum Gasteiger partial charge on any atom is 0.338 e. The fraction of sp³-hybridized carbons (Fsp3) is 0.238. The van der Waals surface area contributed by atoms with Crippen LogP contribution in [0.25, 0.3) is 0 Å². The average molecular weight is 382 g/mol. The Hall–Kier alpha value is -3.32. The van der Waals surface area contributed by atoms with Crippen molar-refractivity contribution in [2.75, 3.05) is 20.3 Å². The Balaban J connectivity index is 1.87. The predicted octanol–water partition coefficient (Wildman–Crippen LogP) is 3.30. The quantitative estimate of drug-likeness (QED) is 0.567. The van der Waals surface area contributed by atoms with Crippen LogP contribution in [0.1, 0.15) is 18.5 Å². The number of allylic oxidation sites excluding steroid dienone is 1. The first-order valence-corrected chi connectivity index (χ1v) is 8.85. The van der Waals surface area contributed by atoms with Crippen LogP contribution >= 0.6 is 0 Å². The molecule has 2 aromatic rings. The maximum atomic E-state index is 12.6. The molecule has 7 heteroatoms. The van der Waals surface area contributed by atoms with Gasteiger partial charge < -0.3 is 24.8 Å². The van der Waals surface area contributed by atoms with Gasteiger partial charge in [-0.25, -0.2) is 9.59 Å². The molecule has 0 saturated carbocycles. The summed E-state index contributed by atoms with van der Waals surface area (Å²) in [5, 5.41) is 5.40. The SMILES string of the molecule is COCCOC(=O)C1=C(C)NC(=O)N[C@H]1c1cccc(Oc2ccccc2)c1. The Labute approximate surface area is 163 Å². The highest BCUT2D eigenvalue weighted by molar-refractivity contribution is 5.95. The second kappa shape index (κ2) is 9.05. The van der Waals surface area contributed by atoms with E-state index in [4.69, 9.17) is 14.2 Å². The van der Waals surface area contributed by atoms with Gasteiger partial charge in [-0.05, 0) is 36.8 Å². The Morgan fingerprint density at radius 2 is 1.79 bits per heavy atom. The molecule has 28 heavy (non-hydrogen) atoms. The maximum absolute atomic E-state index is 12.6. The van der Waals surface area contributed by atoms with Crippen molar-refractivity contribution in [1.29, 1.82) is 0 Å². The number of rotatable bonds is 7. The third-order valence-corrected chi connectivity index (χ3v) is 4.18. The van der Waals surface area contributed by atoms with Crippen LogP contribution in [0.4, 0.5) is 4.79 Å². The Morgan fingerprint density at radius 3 is 2.54 bits per heavy atom. The summed E-state index contributed by atoms with van der Waals surface area (Å²) in [6, 6.07) is 15.6. The topological polar surface area (TPSA) is 85.9 Å². The van der Waals surface area contributed by atoms with Crippen molar-refractivity contribution >= 4 is 12.0 Å². The van der Waals surface area contributed by atoms with Gasteiger partial charge in [-0.2, -0.15) is 0 Å². The summed E-state index contributed by atoms with van der Waals surface area (Å²) < 4.78 is 16.0. The lowest BCUT2D eigenvalue weighted by atomic mass is 9.95. The molecular formula is C21H22N2O5. The summed E-state index contributed by atoms with van der Waals surface area (Å²) in [7, 11) is 1.53. The van der Waals surface area contributed by atoms with Crippen molar-refractivity contribution in [3.63, 3.8) is 0 Å². The van der Waals surface area contributed by atoms with Crippen molar-refractivity contribution in [3.05, 3.63) is 71.4 Å². The van der Waals surface area contributed by atoms with Crippen molar-refractivity contribution in [2.45, 2.75) is 13.0 Å². The third kappa shape index (κ3) is 4.69. The molecule has 2 aromatic carbocycles. The van der Waals surface area contributed by atoms with Crippen LogP contribution in [0.15, 0.2) is 65.9 Å². The lowest BCUT2D eigenvalue weighted by molar-refractivity contribution is -0.140. The molecule has 0 radical (unpaired) electrons. The second-order valence-corrected chi connectivity index (χ2v) is 6.19. The molecule has 0 saturated heterocycles. The van der Waals surface area contributed by atoms with Crippen molar-refractivity contribution in [2.24, 2.45) is 0 Å². The van der Waals surface area contributed by atoms with Crippen molar-refractivity contribution in [3.8, 4) is 11.5 Å². The highest BCUT2D eigenvalue weighted by Crippen LogP contribution is 2.31. The van der Waals surface area contributed by atoms with E-state index < -0.39 is 12.0 Å². The molecule has 0 fully saturated rings. The number of amides is 2. The second-order valence-electron chi connectivity index (χ2n) is 6.19. The van der Waals surface area contributed by atoms with Gasteiger partial charge in [-0.15, -0.1) is 0 Å². The number of benzene rings is 2. The number of esters is 1. The van der Waals surface area contributed by atoms with E-state index in [2.05, 4.69) is 10.6 Å². The number of urea groups is 1. The molecule has 0 aliphatic carbocycles. The Morgan fingerprint density at radius 1 is 1.04 bits per heavy atom. The number of ether oxygens (including phenoxy) is 3. The van der Waals surface area contributed by atoms with Crippen LogP contribution in [-0.2, 0) is 14.3 Å². The summed E-state index contributed by atoms with van der Waals surface area (Å²) in [4.78, 5) is 24.6. The molecule has 1 heterocycles. The van der Waals surface area contributed by atoms with Gasteiger partial charge in [0.25, 0.3) is 0 Å². The number of carbonyl (C=O) groups is 2. The molecule has 3 rings (SSSR count). The smallest absolute Gasteiger partial charge is 0.338 e. The van der Waals surface area contributed by atoms with Gasteiger partial charge in [-0.1, -0.05) is 30.3 Å². The normalized spacial score (nSPS) is 16.2. The number of hydrogen-bond acceptors (Lipinski definition) is 5. The monoisotopic (exact) mass is 382 g/mol. The number of para-hydroxylation sites is 1. The largest absolute Gasteiger partial charge is 0.460 e. The predicted molar refractivity (Wildman–Crippen MR) is 103 cm³/mol. The number of hydrogen-bond donors (Lipinski definition) is 2. The minimum Gasteiger partial charge on any atom is -0.460 e. The van der Waals surface area contributed by atoms with E-state index in [0.717, 1.165) is 0 Å². The van der Waals surface area contributed by atoms with E-state index >= 15 is 0 Å². The minimum atomic E-state index is -0.650. The van der Waals surface area contributed by atoms with Crippen LogP contribution in [-0.4, -0.2) is 32.3 Å². The summed E-state index contributed by atoms with van der Waals surface area (Å²) >= 11 is 0. The van der Waals surface area contributed by atoms with E-state index in [0.29, 0.717) is 34.9 Å². The van der Waals surface area contributed by atoms with Crippen LogP contribution < -0.4 is 15.4 Å². The first-order chi connectivity index (χ1) is 13.6. The summed E-state index contributed by atoms with van der Waals surface area (Å²) in [6.45, 7) is 2.09. The van der Waals surface area contributed by atoms with E-state index in [1.807, 2.05) is 48.5 Å². The van der Waals surface area contributed by atoms with Crippen molar-refractivity contribution < 1.29 is 23.8 Å². The molecule has 2 N–H and O–H groups in total. The minimum absolute atomic E-state index is 0.129. The van der Waals surface area contributed by atoms with Gasteiger partial charge in [0.15, 0.2) is 0 Å². The number of nitrogens with one attached hydrogen (secondary N) is 2. The molecule has 1 aliphatic heterocycles. The average Bonchev–Trinajstić information content (AvgIpc) is 2.68. The van der Waals surface area contributed by atoms with E-state index in [9.17, 15) is 9.59 Å². The fourth-order valence-corrected chi connectivity index (χ4v) is 2.89. The highest BCUT2D eigenvalue weighted by atomic mass is 16.6. The van der Waals surface area contributed by atoms with Gasteiger partial charge in [0.2, 0.25) is 0 Å². The fourth-order valence-electron chi connectivity index (χ4n) is 2.89. The summed E-state index contributed by atoms with van der Waals surface area (Å²) in [5.74, 6) is 0.780. The molecule has 0 unspecified atom stereocenters. The molecule has 0 spiro atoms. The first-order valence-electron chi connectivity index (χ1n) is 8.85. The third-order valence-electron chi connectivity index (χ3n) is 4.18. The number of methoxy groups -OCH3 is 1. The molecule has 0 bridgehead atoms. The molecule has 2 amide bonds. The molecule has 1 aliphatic rings. The van der Waals surface area contributed by atoms with Crippen LogP contribution in [0, 0.1) is 0 Å².